The van der Waals surface area contributed by atoms with Gasteiger partial charge in [0.15, 0.2) is 0 Å². The highest BCUT2D eigenvalue weighted by atomic mass is 32.2. The van der Waals surface area contributed by atoms with Gasteiger partial charge in [-0.1, -0.05) is 0 Å². The van der Waals surface area contributed by atoms with Gasteiger partial charge in [0.1, 0.15) is 9.84 Å². The van der Waals surface area contributed by atoms with Gasteiger partial charge in [-0.25, -0.2) is 8.42 Å². The molecule has 1 unspecified atom stereocenters. The van der Waals surface area contributed by atoms with Gasteiger partial charge >= 0.3 is 0 Å². The summed E-state index contributed by atoms with van der Waals surface area (Å²) < 4.78 is 23.5. The molecule has 0 saturated carbocycles. The molecule has 1 heterocycles. The molecule has 0 aliphatic carbocycles. The monoisotopic (exact) mass is 217 g/mol. The maximum Gasteiger partial charge on any atom is 0.147 e. The molecule has 1 atom stereocenters. The van der Waals surface area contributed by atoms with Crippen LogP contribution in [-0.4, -0.2) is 30.2 Å². The quantitative estimate of drug-likeness (QED) is 0.761. The average molecular weight is 217 g/mol. The van der Waals surface area contributed by atoms with Gasteiger partial charge < -0.3 is 5.73 Å². The fourth-order valence-electron chi connectivity index (χ4n) is 1.24. The zero-order valence-electron chi connectivity index (χ0n) is 8.34. The first-order valence-electron chi connectivity index (χ1n) is 4.31. The first-order chi connectivity index (χ1) is 6.40. The Kier molecular flexibility index (Phi) is 3.28. The van der Waals surface area contributed by atoms with E-state index >= 15 is 0 Å². The molecule has 1 rings (SSSR count). The number of nitrogens with zero attached hydrogens (tertiary/aromatic N) is 2. The third kappa shape index (κ3) is 3.12. The van der Waals surface area contributed by atoms with Crippen molar-refractivity contribution >= 4 is 9.84 Å². The molecule has 1 aromatic heterocycles. The summed E-state index contributed by atoms with van der Waals surface area (Å²) >= 11 is 0. The molecule has 14 heavy (non-hydrogen) atoms. The zero-order valence-corrected chi connectivity index (χ0v) is 9.16. The highest BCUT2D eigenvalue weighted by Gasteiger charge is 2.12. The molecule has 5 nitrogen and oxygen atoms in total. The highest BCUT2D eigenvalue weighted by Crippen LogP contribution is 2.12. The largest absolute Gasteiger partial charge is 0.323 e. The smallest absolute Gasteiger partial charge is 0.147 e. The van der Waals surface area contributed by atoms with Gasteiger partial charge in [0, 0.05) is 25.5 Å². The average Bonchev–Trinajstić information content (AvgIpc) is 2.46. The Hall–Kier alpha value is -0.880. The Bertz CT molecular complexity index is 396. The van der Waals surface area contributed by atoms with E-state index in [4.69, 9.17) is 5.73 Å². The highest BCUT2D eigenvalue weighted by molar-refractivity contribution is 7.90. The van der Waals surface area contributed by atoms with Crippen molar-refractivity contribution in [2.24, 2.45) is 12.8 Å². The fourth-order valence-corrected chi connectivity index (χ4v) is 1.92. The second kappa shape index (κ2) is 4.10. The van der Waals surface area contributed by atoms with E-state index in [2.05, 4.69) is 5.10 Å². The van der Waals surface area contributed by atoms with E-state index in [0.717, 1.165) is 5.69 Å². The lowest BCUT2D eigenvalue weighted by atomic mass is 10.2. The van der Waals surface area contributed by atoms with Crippen LogP contribution in [-0.2, 0) is 16.9 Å². The van der Waals surface area contributed by atoms with Gasteiger partial charge in [0.25, 0.3) is 0 Å². The van der Waals surface area contributed by atoms with Gasteiger partial charge in [-0.2, -0.15) is 5.10 Å². The minimum Gasteiger partial charge on any atom is -0.323 e. The molecular weight excluding hydrogens is 202 g/mol. The van der Waals surface area contributed by atoms with E-state index in [1.165, 1.54) is 6.26 Å². The maximum atomic E-state index is 10.9. The molecule has 6 heteroatoms. The molecule has 2 N–H and O–H groups in total. The van der Waals surface area contributed by atoms with E-state index in [1.807, 2.05) is 0 Å². The predicted molar refractivity (Wildman–Crippen MR) is 54.5 cm³/mol. The summed E-state index contributed by atoms with van der Waals surface area (Å²) in [6.45, 7) is 0. The molecule has 0 aliphatic rings. The van der Waals surface area contributed by atoms with Gasteiger partial charge in [-0.3, -0.25) is 4.68 Å². The molecule has 0 radical (unpaired) electrons. The van der Waals surface area contributed by atoms with Crippen LogP contribution in [0.3, 0.4) is 0 Å². The first kappa shape index (κ1) is 11.2. The molecule has 0 spiro atoms. The number of hydrogen-bond acceptors (Lipinski definition) is 4. The zero-order chi connectivity index (χ0) is 10.8. The summed E-state index contributed by atoms with van der Waals surface area (Å²) in [6.07, 6.45) is 3.29. The van der Waals surface area contributed by atoms with E-state index in [1.54, 1.807) is 24.0 Å². The number of sulfone groups is 1. The third-order valence-electron chi connectivity index (χ3n) is 2.04. The van der Waals surface area contributed by atoms with Gasteiger partial charge in [0.05, 0.1) is 11.4 Å². The minimum atomic E-state index is -2.93. The lowest BCUT2D eigenvalue weighted by Crippen LogP contribution is -2.18. The fraction of sp³-hybridized carbons (Fsp3) is 0.625. The SMILES string of the molecule is Cn1nccc1C(N)CCS(C)(=O)=O. The lowest BCUT2D eigenvalue weighted by molar-refractivity contribution is 0.577. The first-order valence-corrected chi connectivity index (χ1v) is 6.37. The van der Waals surface area contributed by atoms with E-state index in [9.17, 15) is 8.42 Å². The Balaban J connectivity index is 2.60. The van der Waals surface area contributed by atoms with Gasteiger partial charge in [0.2, 0.25) is 0 Å². The molecule has 0 aromatic carbocycles. The summed E-state index contributed by atoms with van der Waals surface area (Å²) in [6, 6.07) is 1.53. The summed E-state index contributed by atoms with van der Waals surface area (Å²) in [5.74, 6) is 0.110. The Morgan fingerprint density at radius 3 is 2.71 bits per heavy atom. The second-order valence-corrected chi connectivity index (χ2v) is 5.66. The number of nitrogens with two attached hydrogens (primary N) is 1. The molecular formula is C8H15N3O2S. The van der Waals surface area contributed by atoms with Crippen LogP contribution in [0.2, 0.25) is 0 Å². The molecule has 0 fully saturated rings. The van der Waals surface area contributed by atoms with E-state index in [-0.39, 0.29) is 11.8 Å². The van der Waals surface area contributed by atoms with E-state index < -0.39 is 9.84 Å². The summed E-state index contributed by atoms with van der Waals surface area (Å²) in [4.78, 5) is 0. The number of aromatic nitrogens is 2. The third-order valence-corrected chi connectivity index (χ3v) is 3.02. The number of aryl methyl sites for hydroxylation is 1. The Labute approximate surface area is 83.8 Å². The van der Waals surface area contributed by atoms with Crippen LogP contribution < -0.4 is 5.73 Å². The van der Waals surface area contributed by atoms with Crippen LogP contribution in [0.5, 0.6) is 0 Å². The summed E-state index contributed by atoms with van der Waals surface area (Å²) in [7, 11) is -1.15. The van der Waals surface area contributed by atoms with Crippen molar-refractivity contribution in [2.45, 2.75) is 12.5 Å². The van der Waals surface area contributed by atoms with Crippen molar-refractivity contribution in [3.63, 3.8) is 0 Å². The van der Waals surface area contributed by atoms with Gasteiger partial charge in [-0.05, 0) is 12.5 Å². The standard InChI is InChI=1S/C8H15N3O2S/c1-11-8(3-5-10-11)7(9)4-6-14(2,12)13/h3,5,7H,4,6,9H2,1-2H3. The van der Waals surface area contributed by atoms with Gasteiger partial charge in [-0.15, -0.1) is 0 Å². The normalized spacial score (nSPS) is 14.2. The topological polar surface area (TPSA) is 78.0 Å². The maximum absolute atomic E-state index is 10.9. The van der Waals surface area contributed by atoms with Crippen LogP contribution in [0.15, 0.2) is 12.3 Å². The van der Waals surface area contributed by atoms with Crippen LogP contribution >= 0.6 is 0 Å². The number of rotatable bonds is 4. The molecule has 0 aliphatic heterocycles. The van der Waals surface area contributed by atoms with Crippen molar-refractivity contribution in [1.29, 1.82) is 0 Å². The summed E-state index contributed by atoms with van der Waals surface area (Å²) in [5.41, 5.74) is 6.68. The minimum absolute atomic E-state index is 0.110. The number of hydrogen-bond donors (Lipinski definition) is 1. The predicted octanol–water partition coefficient (Wildman–Crippen LogP) is -0.145. The second-order valence-electron chi connectivity index (χ2n) is 3.40. The Morgan fingerprint density at radius 2 is 2.29 bits per heavy atom. The molecule has 80 valence electrons. The van der Waals surface area contributed by atoms with E-state index in [0.29, 0.717) is 6.42 Å². The van der Waals surface area contributed by atoms with Crippen LogP contribution in [0, 0.1) is 0 Å². The molecule has 1 aromatic rings. The van der Waals surface area contributed by atoms with Crippen LogP contribution in [0.1, 0.15) is 18.2 Å². The van der Waals surface area contributed by atoms with Crippen LogP contribution in [0.4, 0.5) is 0 Å². The van der Waals surface area contributed by atoms with Crippen molar-refractivity contribution in [3.05, 3.63) is 18.0 Å². The van der Waals surface area contributed by atoms with Crippen LogP contribution in [0.25, 0.3) is 0 Å². The molecule has 0 saturated heterocycles. The van der Waals surface area contributed by atoms with Crippen molar-refractivity contribution < 1.29 is 8.42 Å². The van der Waals surface area contributed by atoms with Crippen molar-refractivity contribution in [3.8, 4) is 0 Å². The van der Waals surface area contributed by atoms with Crippen molar-refractivity contribution in [1.82, 2.24) is 9.78 Å². The Morgan fingerprint density at radius 1 is 1.64 bits per heavy atom. The molecule has 0 amide bonds. The van der Waals surface area contributed by atoms with Crippen molar-refractivity contribution in [2.75, 3.05) is 12.0 Å². The molecule has 0 bridgehead atoms. The lowest BCUT2D eigenvalue weighted by Gasteiger charge is -2.10. The summed E-state index contributed by atoms with van der Waals surface area (Å²) in [5, 5.41) is 3.97.